The number of ether oxygens (including phenoxy) is 1. The maximum Gasteiger partial charge on any atom is 0.180 e. The highest BCUT2D eigenvalue weighted by Gasteiger charge is 2.19. The van der Waals surface area contributed by atoms with E-state index in [-0.39, 0.29) is 0 Å². The van der Waals surface area contributed by atoms with Crippen LogP contribution in [0.5, 0.6) is 5.75 Å². The standard InChI is InChI=1S/C14H16O3S/c1-10(2)18(15,16)14-7-5-11-8-13(17-3)6-4-12(11)9-14/h4-10H,1-3H3. The summed E-state index contributed by atoms with van der Waals surface area (Å²) >= 11 is 0. The molecule has 0 saturated carbocycles. The Morgan fingerprint density at radius 3 is 2.22 bits per heavy atom. The summed E-state index contributed by atoms with van der Waals surface area (Å²) in [5, 5.41) is 1.46. The van der Waals surface area contributed by atoms with E-state index in [1.807, 2.05) is 24.3 Å². The van der Waals surface area contributed by atoms with E-state index in [4.69, 9.17) is 4.74 Å². The van der Waals surface area contributed by atoms with Crippen molar-refractivity contribution < 1.29 is 13.2 Å². The molecule has 0 bridgehead atoms. The highest BCUT2D eigenvalue weighted by molar-refractivity contribution is 7.92. The first-order valence-electron chi connectivity index (χ1n) is 5.77. The number of hydrogen-bond acceptors (Lipinski definition) is 3. The summed E-state index contributed by atoms with van der Waals surface area (Å²) in [4.78, 5) is 0.371. The maximum absolute atomic E-state index is 12.1. The Bertz CT molecular complexity index is 672. The summed E-state index contributed by atoms with van der Waals surface area (Å²) in [5.74, 6) is 0.766. The normalized spacial score (nSPS) is 12.0. The third-order valence-electron chi connectivity index (χ3n) is 2.97. The van der Waals surface area contributed by atoms with Crippen molar-refractivity contribution in [3.8, 4) is 5.75 Å². The average molecular weight is 264 g/mol. The van der Waals surface area contributed by atoms with Crippen LogP contribution in [-0.4, -0.2) is 20.8 Å². The summed E-state index contributed by atoms with van der Waals surface area (Å²) in [6, 6.07) is 10.8. The molecule has 0 aliphatic heterocycles. The van der Waals surface area contributed by atoms with E-state index in [1.54, 1.807) is 33.1 Å². The third kappa shape index (κ3) is 2.20. The lowest BCUT2D eigenvalue weighted by Crippen LogP contribution is -2.13. The van der Waals surface area contributed by atoms with Crippen LogP contribution >= 0.6 is 0 Å². The second-order valence-electron chi connectivity index (χ2n) is 4.47. The molecule has 3 nitrogen and oxygen atoms in total. The molecule has 0 aromatic heterocycles. The van der Waals surface area contributed by atoms with E-state index in [2.05, 4.69) is 0 Å². The van der Waals surface area contributed by atoms with Gasteiger partial charge in [0.05, 0.1) is 17.3 Å². The van der Waals surface area contributed by atoms with E-state index in [0.29, 0.717) is 4.90 Å². The van der Waals surface area contributed by atoms with Crippen molar-refractivity contribution in [2.45, 2.75) is 24.0 Å². The van der Waals surface area contributed by atoms with Gasteiger partial charge < -0.3 is 4.74 Å². The zero-order valence-electron chi connectivity index (χ0n) is 10.7. The van der Waals surface area contributed by atoms with Gasteiger partial charge in [-0.05, 0) is 48.9 Å². The maximum atomic E-state index is 12.1. The number of hydrogen-bond donors (Lipinski definition) is 0. The minimum atomic E-state index is -3.22. The molecule has 0 fully saturated rings. The fraction of sp³-hybridized carbons (Fsp3) is 0.286. The van der Waals surface area contributed by atoms with Gasteiger partial charge in [0.25, 0.3) is 0 Å². The molecule has 2 aromatic carbocycles. The number of methoxy groups -OCH3 is 1. The summed E-state index contributed by atoms with van der Waals surface area (Å²) < 4.78 is 29.3. The van der Waals surface area contributed by atoms with E-state index in [9.17, 15) is 8.42 Å². The first kappa shape index (κ1) is 12.9. The molecule has 2 aromatic rings. The molecule has 0 heterocycles. The molecule has 4 heteroatoms. The van der Waals surface area contributed by atoms with E-state index >= 15 is 0 Å². The van der Waals surface area contributed by atoms with Crippen LogP contribution in [0.15, 0.2) is 41.3 Å². The second kappa shape index (κ2) is 4.61. The van der Waals surface area contributed by atoms with Crippen LogP contribution in [-0.2, 0) is 9.84 Å². The van der Waals surface area contributed by atoms with Crippen molar-refractivity contribution in [2.75, 3.05) is 7.11 Å². The van der Waals surface area contributed by atoms with Crippen LogP contribution < -0.4 is 4.74 Å². The lowest BCUT2D eigenvalue weighted by molar-refractivity contribution is 0.415. The van der Waals surface area contributed by atoms with Crippen molar-refractivity contribution >= 4 is 20.6 Å². The molecule has 96 valence electrons. The van der Waals surface area contributed by atoms with Crippen molar-refractivity contribution in [3.63, 3.8) is 0 Å². The van der Waals surface area contributed by atoms with Crippen LogP contribution in [0.2, 0.25) is 0 Å². The van der Waals surface area contributed by atoms with Crippen LogP contribution in [0.4, 0.5) is 0 Å². The quantitative estimate of drug-likeness (QED) is 0.855. The number of benzene rings is 2. The summed E-state index contributed by atoms with van der Waals surface area (Å²) in [6.45, 7) is 3.38. The molecular formula is C14H16O3S. The van der Waals surface area contributed by atoms with Gasteiger partial charge in [-0.2, -0.15) is 0 Å². The van der Waals surface area contributed by atoms with Gasteiger partial charge in [-0.25, -0.2) is 8.42 Å². The Hall–Kier alpha value is -1.55. The van der Waals surface area contributed by atoms with Gasteiger partial charge in [0.15, 0.2) is 9.84 Å². The van der Waals surface area contributed by atoms with Crippen molar-refractivity contribution in [1.29, 1.82) is 0 Å². The first-order valence-corrected chi connectivity index (χ1v) is 7.31. The van der Waals surface area contributed by atoms with E-state index < -0.39 is 15.1 Å². The minimum absolute atomic E-state index is 0.371. The van der Waals surface area contributed by atoms with Gasteiger partial charge in [0.2, 0.25) is 0 Å². The smallest absolute Gasteiger partial charge is 0.180 e. The SMILES string of the molecule is COc1ccc2cc(S(=O)(=O)C(C)C)ccc2c1. The highest BCUT2D eigenvalue weighted by Crippen LogP contribution is 2.25. The molecule has 0 aliphatic carbocycles. The van der Waals surface area contributed by atoms with Crippen molar-refractivity contribution in [3.05, 3.63) is 36.4 Å². The lowest BCUT2D eigenvalue weighted by atomic mass is 10.1. The number of rotatable bonds is 3. The van der Waals surface area contributed by atoms with Crippen LogP contribution in [0, 0.1) is 0 Å². The molecule has 0 radical (unpaired) electrons. The Kier molecular flexibility index (Phi) is 3.30. The highest BCUT2D eigenvalue weighted by atomic mass is 32.2. The molecule has 0 aliphatic rings. The first-order chi connectivity index (χ1) is 8.45. The number of fused-ring (bicyclic) bond motifs is 1. The van der Waals surface area contributed by atoms with Crippen LogP contribution in [0.1, 0.15) is 13.8 Å². The predicted molar refractivity (Wildman–Crippen MR) is 72.8 cm³/mol. The molecule has 18 heavy (non-hydrogen) atoms. The summed E-state index contributed by atoms with van der Waals surface area (Å²) in [7, 11) is -1.61. The second-order valence-corrected chi connectivity index (χ2v) is 6.97. The summed E-state index contributed by atoms with van der Waals surface area (Å²) in [6.07, 6.45) is 0. The molecule has 0 saturated heterocycles. The summed E-state index contributed by atoms with van der Waals surface area (Å²) in [5.41, 5.74) is 0. The van der Waals surface area contributed by atoms with Gasteiger partial charge in [0.1, 0.15) is 5.75 Å². The average Bonchev–Trinajstić information content (AvgIpc) is 2.37. The topological polar surface area (TPSA) is 43.4 Å². The third-order valence-corrected chi connectivity index (χ3v) is 5.12. The van der Waals surface area contributed by atoms with Gasteiger partial charge in [-0.3, -0.25) is 0 Å². The van der Waals surface area contributed by atoms with Gasteiger partial charge in [-0.1, -0.05) is 12.1 Å². The lowest BCUT2D eigenvalue weighted by Gasteiger charge is -2.09. The van der Waals surface area contributed by atoms with E-state index in [1.165, 1.54) is 0 Å². The molecule has 0 unspecified atom stereocenters. The zero-order valence-corrected chi connectivity index (χ0v) is 11.5. The van der Waals surface area contributed by atoms with Crippen molar-refractivity contribution in [1.82, 2.24) is 0 Å². The van der Waals surface area contributed by atoms with Gasteiger partial charge >= 0.3 is 0 Å². The Labute approximate surface area is 107 Å². The van der Waals surface area contributed by atoms with Crippen LogP contribution in [0.3, 0.4) is 0 Å². The largest absolute Gasteiger partial charge is 0.497 e. The minimum Gasteiger partial charge on any atom is -0.497 e. The van der Waals surface area contributed by atoms with E-state index in [0.717, 1.165) is 16.5 Å². The molecule has 0 N–H and O–H groups in total. The fourth-order valence-corrected chi connectivity index (χ4v) is 2.87. The Morgan fingerprint density at radius 1 is 1.00 bits per heavy atom. The van der Waals surface area contributed by atoms with Gasteiger partial charge in [0, 0.05) is 0 Å². The monoisotopic (exact) mass is 264 g/mol. The van der Waals surface area contributed by atoms with Gasteiger partial charge in [-0.15, -0.1) is 0 Å². The number of sulfone groups is 1. The van der Waals surface area contributed by atoms with Crippen molar-refractivity contribution in [2.24, 2.45) is 0 Å². The molecule has 0 spiro atoms. The molecule has 0 amide bonds. The Morgan fingerprint density at radius 2 is 1.61 bits per heavy atom. The molecule has 0 atom stereocenters. The van der Waals surface area contributed by atoms with Crippen LogP contribution in [0.25, 0.3) is 10.8 Å². The molecular weight excluding hydrogens is 248 g/mol. The zero-order chi connectivity index (χ0) is 13.3. The fourth-order valence-electron chi connectivity index (χ4n) is 1.78. The Balaban J connectivity index is 2.59. The molecule has 2 rings (SSSR count). The predicted octanol–water partition coefficient (Wildman–Crippen LogP) is 3.03.